The van der Waals surface area contributed by atoms with Gasteiger partial charge >= 0.3 is 0 Å². The molecule has 0 aromatic heterocycles. The van der Waals surface area contributed by atoms with E-state index in [2.05, 4.69) is 19.2 Å². The molecule has 2 aromatic carbocycles. The number of benzene rings is 2. The second kappa shape index (κ2) is 8.59. The third kappa shape index (κ3) is 5.95. The van der Waals surface area contributed by atoms with Crippen LogP contribution in [0.25, 0.3) is 0 Å². The van der Waals surface area contributed by atoms with Gasteiger partial charge in [0.1, 0.15) is 5.75 Å². The Kier molecular flexibility index (Phi) is 6.48. The molecule has 122 valence electrons. The standard InChI is InChI=1S/C19H22ClNO2/c1-14(2)16-5-9-18(10-6-16)23-13-19(22)21-12-11-15-3-7-17(20)8-4-15/h3-10,14H,11-13H2,1-2H3,(H,21,22). The Bertz CT molecular complexity index is 621. The van der Waals surface area contributed by atoms with Crippen molar-refractivity contribution in [3.05, 3.63) is 64.7 Å². The lowest BCUT2D eigenvalue weighted by atomic mass is 10.0. The Morgan fingerprint density at radius 2 is 1.74 bits per heavy atom. The highest BCUT2D eigenvalue weighted by atomic mass is 35.5. The molecule has 4 heteroatoms. The quantitative estimate of drug-likeness (QED) is 0.825. The Morgan fingerprint density at radius 3 is 2.35 bits per heavy atom. The molecule has 2 rings (SSSR count). The summed E-state index contributed by atoms with van der Waals surface area (Å²) in [6.07, 6.45) is 0.770. The monoisotopic (exact) mass is 331 g/mol. The Labute approximate surface area is 142 Å². The number of hydrogen-bond acceptors (Lipinski definition) is 2. The highest BCUT2D eigenvalue weighted by Crippen LogP contribution is 2.18. The first-order valence-corrected chi connectivity index (χ1v) is 8.16. The first kappa shape index (κ1) is 17.4. The maximum absolute atomic E-state index is 11.8. The fourth-order valence-electron chi connectivity index (χ4n) is 2.15. The predicted molar refractivity (Wildman–Crippen MR) is 94.2 cm³/mol. The average Bonchev–Trinajstić information content (AvgIpc) is 2.55. The largest absolute Gasteiger partial charge is 0.484 e. The van der Waals surface area contributed by atoms with Gasteiger partial charge in [-0.3, -0.25) is 4.79 Å². The zero-order chi connectivity index (χ0) is 16.7. The molecule has 0 atom stereocenters. The lowest BCUT2D eigenvalue weighted by molar-refractivity contribution is -0.123. The smallest absolute Gasteiger partial charge is 0.257 e. The topological polar surface area (TPSA) is 38.3 Å². The van der Waals surface area contributed by atoms with Crippen molar-refractivity contribution in [1.82, 2.24) is 5.32 Å². The van der Waals surface area contributed by atoms with E-state index in [1.807, 2.05) is 48.5 Å². The minimum absolute atomic E-state index is 0.0294. The summed E-state index contributed by atoms with van der Waals surface area (Å²) in [4.78, 5) is 11.8. The van der Waals surface area contributed by atoms with Crippen molar-refractivity contribution in [2.24, 2.45) is 0 Å². The minimum atomic E-state index is -0.119. The summed E-state index contributed by atoms with van der Waals surface area (Å²) in [5, 5.41) is 3.57. The lowest BCUT2D eigenvalue weighted by Gasteiger charge is -2.09. The zero-order valence-electron chi connectivity index (χ0n) is 13.5. The predicted octanol–water partition coefficient (Wildman–Crippen LogP) is 4.20. The molecule has 0 aliphatic carbocycles. The maximum atomic E-state index is 11.8. The zero-order valence-corrected chi connectivity index (χ0v) is 14.3. The van der Waals surface area contributed by atoms with E-state index >= 15 is 0 Å². The second-order valence-corrected chi connectivity index (χ2v) is 6.18. The van der Waals surface area contributed by atoms with Crippen molar-refractivity contribution >= 4 is 17.5 Å². The van der Waals surface area contributed by atoms with Gasteiger partial charge in [0.2, 0.25) is 0 Å². The van der Waals surface area contributed by atoms with Crippen molar-refractivity contribution in [1.29, 1.82) is 0 Å². The molecule has 0 fully saturated rings. The van der Waals surface area contributed by atoms with Gasteiger partial charge in [-0.05, 0) is 47.7 Å². The van der Waals surface area contributed by atoms with Crippen LogP contribution in [0.4, 0.5) is 0 Å². The SMILES string of the molecule is CC(C)c1ccc(OCC(=O)NCCc2ccc(Cl)cc2)cc1. The number of carbonyl (C=O) groups is 1. The van der Waals surface area contributed by atoms with Crippen molar-refractivity contribution in [2.75, 3.05) is 13.2 Å². The van der Waals surface area contributed by atoms with Gasteiger partial charge < -0.3 is 10.1 Å². The van der Waals surface area contributed by atoms with Crippen LogP contribution in [0, 0.1) is 0 Å². The average molecular weight is 332 g/mol. The van der Waals surface area contributed by atoms with Crippen molar-refractivity contribution < 1.29 is 9.53 Å². The number of carbonyl (C=O) groups excluding carboxylic acids is 1. The molecule has 0 saturated carbocycles. The summed E-state index contributed by atoms with van der Waals surface area (Å²) >= 11 is 5.84. The fraction of sp³-hybridized carbons (Fsp3) is 0.316. The fourth-order valence-corrected chi connectivity index (χ4v) is 2.27. The molecule has 0 bridgehead atoms. The molecule has 0 heterocycles. The molecule has 0 aliphatic rings. The highest BCUT2D eigenvalue weighted by molar-refractivity contribution is 6.30. The highest BCUT2D eigenvalue weighted by Gasteiger charge is 2.04. The van der Waals surface area contributed by atoms with E-state index < -0.39 is 0 Å². The molecule has 2 aromatic rings. The third-order valence-corrected chi connectivity index (χ3v) is 3.82. The van der Waals surface area contributed by atoms with E-state index in [1.165, 1.54) is 5.56 Å². The summed E-state index contributed by atoms with van der Waals surface area (Å²) in [5.41, 5.74) is 2.39. The van der Waals surface area contributed by atoms with Crippen LogP contribution in [0.3, 0.4) is 0 Å². The first-order valence-electron chi connectivity index (χ1n) is 7.78. The van der Waals surface area contributed by atoms with Crippen LogP contribution in [0.5, 0.6) is 5.75 Å². The molecule has 23 heavy (non-hydrogen) atoms. The van der Waals surface area contributed by atoms with Gasteiger partial charge in [-0.15, -0.1) is 0 Å². The molecule has 3 nitrogen and oxygen atoms in total. The lowest BCUT2D eigenvalue weighted by Crippen LogP contribution is -2.30. The van der Waals surface area contributed by atoms with Crippen LogP contribution in [0.15, 0.2) is 48.5 Å². The van der Waals surface area contributed by atoms with Crippen LogP contribution in [-0.2, 0) is 11.2 Å². The molecule has 1 N–H and O–H groups in total. The van der Waals surface area contributed by atoms with Gasteiger partial charge in [-0.2, -0.15) is 0 Å². The van der Waals surface area contributed by atoms with E-state index in [-0.39, 0.29) is 12.5 Å². The Morgan fingerprint density at radius 1 is 1.09 bits per heavy atom. The van der Waals surface area contributed by atoms with Crippen molar-refractivity contribution in [3.8, 4) is 5.75 Å². The molecular formula is C19H22ClNO2. The van der Waals surface area contributed by atoms with E-state index in [9.17, 15) is 4.79 Å². The normalized spacial score (nSPS) is 10.6. The number of ether oxygens (including phenoxy) is 1. The van der Waals surface area contributed by atoms with E-state index in [0.717, 1.165) is 17.0 Å². The van der Waals surface area contributed by atoms with Gasteiger partial charge in [-0.25, -0.2) is 0 Å². The van der Waals surface area contributed by atoms with E-state index in [0.29, 0.717) is 18.2 Å². The molecule has 1 amide bonds. The third-order valence-electron chi connectivity index (χ3n) is 3.57. The number of halogens is 1. The first-order chi connectivity index (χ1) is 11.0. The number of rotatable bonds is 7. The van der Waals surface area contributed by atoms with E-state index in [1.54, 1.807) is 0 Å². The Hall–Kier alpha value is -2.00. The molecular weight excluding hydrogens is 310 g/mol. The van der Waals surface area contributed by atoms with Crippen molar-refractivity contribution in [2.45, 2.75) is 26.2 Å². The maximum Gasteiger partial charge on any atom is 0.257 e. The van der Waals surface area contributed by atoms with Gasteiger partial charge in [-0.1, -0.05) is 49.7 Å². The van der Waals surface area contributed by atoms with Crippen LogP contribution >= 0.6 is 11.6 Å². The van der Waals surface area contributed by atoms with Gasteiger partial charge in [0.25, 0.3) is 5.91 Å². The summed E-state index contributed by atoms with van der Waals surface area (Å²) in [7, 11) is 0. The van der Waals surface area contributed by atoms with Crippen molar-refractivity contribution in [3.63, 3.8) is 0 Å². The van der Waals surface area contributed by atoms with Gasteiger partial charge in [0.15, 0.2) is 6.61 Å². The number of amides is 1. The van der Waals surface area contributed by atoms with Crippen LogP contribution in [0.1, 0.15) is 30.9 Å². The van der Waals surface area contributed by atoms with Gasteiger partial charge in [0, 0.05) is 11.6 Å². The number of hydrogen-bond donors (Lipinski definition) is 1. The minimum Gasteiger partial charge on any atom is -0.484 e. The second-order valence-electron chi connectivity index (χ2n) is 5.74. The molecule has 0 aliphatic heterocycles. The van der Waals surface area contributed by atoms with E-state index in [4.69, 9.17) is 16.3 Å². The molecule has 0 radical (unpaired) electrons. The van der Waals surface area contributed by atoms with Crippen LogP contribution in [-0.4, -0.2) is 19.1 Å². The summed E-state index contributed by atoms with van der Waals surface area (Å²) in [5.74, 6) is 1.08. The summed E-state index contributed by atoms with van der Waals surface area (Å²) < 4.78 is 5.49. The summed E-state index contributed by atoms with van der Waals surface area (Å²) in [6.45, 7) is 4.89. The number of nitrogens with one attached hydrogen (secondary N) is 1. The van der Waals surface area contributed by atoms with Crippen LogP contribution in [0.2, 0.25) is 5.02 Å². The van der Waals surface area contributed by atoms with Crippen LogP contribution < -0.4 is 10.1 Å². The molecule has 0 spiro atoms. The molecule has 0 unspecified atom stereocenters. The Balaban J connectivity index is 1.69. The summed E-state index contributed by atoms with van der Waals surface area (Å²) in [6, 6.07) is 15.5. The molecule has 0 saturated heterocycles. The van der Waals surface area contributed by atoms with Gasteiger partial charge in [0.05, 0.1) is 0 Å².